The van der Waals surface area contributed by atoms with Crippen molar-refractivity contribution in [2.75, 3.05) is 12.4 Å². The molecule has 0 saturated carbocycles. The van der Waals surface area contributed by atoms with Crippen molar-refractivity contribution in [1.82, 2.24) is 0 Å². The Bertz CT molecular complexity index is 845. The molecule has 2 aromatic rings. The number of para-hydroxylation sites is 1. The van der Waals surface area contributed by atoms with Gasteiger partial charge in [-0.3, -0.25) is 4.79 Å². The van der Waals surface area contributed by atoms with Crippen LogP contribution in [0.15, 0.2) is 41.6 Å². The summed E-state index contributed by atoms with van der Waals surface area (Å²) >= 11 is 0. The van der Waals surface area contributed by atoms with Crippen LogP contribution in [-0.4, -0.2) is 24.1 Å². The van der Waals surface area contributed by atoms with Gasteiger partial charge in [0, 0.05) is 11.3 Å². The van der Waals surface area contributed by atoms with Gasteiger partial charge in [0.2, 0.25) is 11.8 Å². The summed E-state index contributed by atoms with van der Waals surface area (Å²) in [4.78, 5) is 12.8. The standard InChI is InChI=1S/C19H20N2O4/c1-11-6-4-8-15(12(11)2)20-18(22)14-10-13-7-5-9-16(24-3)17(13)25-19(14)21-23/h4-9,14,23H,10H2,1-3H3,(H,20,22)/b21-19+/t14-/m1/s1. The Morgan fingerprint density at radius 2 is 2.04 bits per heavy atom. The molecule has 0 aromatic heterocycles. The monoisotopic (exact) mass is 340 g/mol. The first-order chi connectivity index (χ1) is 12.0. The lowest BCUT2D eigenvalue weighted by molar-refractivity contribution is -0.118. The van der Waals surface area contributed by atoms with Gasteiger partial charge in [0.15, 0.2) is 11.5 Å². The number of hydrogen-bond donors (Lipinski definition) is 2. The molecular weight excluding hydrogens is 320 g/mol. The zero-order valence-electron chi connectivity index (χ0n) is 14.4. The number of methoxy groups -OCH3 is 1. The molecule has 1 aliphatic heterocycles. The van der Waals surface area contributed by atoms with E-state index in [0.29, 0.717) is 17.9 Å². The molecule has 0 saturated heterocycles. The van der Waals surface area contributed by atoms with E-state index in [9.17, 15) is 10.0 Å². The van der Waals surface area contributed by atoms with Crippen LogP contribution in [0, 0.1) is 19.8 Å². The highest BCUT2D eigenvalue weighted by Crippen LogP contribution is 2.37. The molecule has 1 atom stereocenters. The number of hydrogen-bond acceptors (Lipinski definition) is 5. The van der Waals surface area contributed by atoms with E-state index in [0.717, 1.165) is 22.4 Å². The van der Waals surface area contributed by atoms with Gasteiger partial charge in [0.25, 0.3) is 0 Å². The van der Waals surface area contributed by atoms with E-state index < -0.39 is 5.92 Å². The van der Waals surface area contributed by atoms with Crippen LogP contribution in [0.4, 0.5) is 5.69 Å². The average Bonchev–Trinajstić information content (AvgIpc) is 2.63. The van der Waals surface area contributed by atoms with Gasteiger partial charge in [-0.15, -0.1) is 0 Å². The third-order valence-corrected chi connectivity index (χ3v) is 4.49. The maximum absolute atomic E-state index is 12.8. The fourth-order valence-corrected chi connectivity index (χ4v) is 2.88. The lowest BCUT2D eigenvalue weighted by Crippen LogP contribution is -2.37. The van der Waals surface area contributed by atoms with E-state index in [-0.39, 0.29) is 11.8 Å². The van der Waals surface area contributed by atoms with Crippen molar-refractivity contribution < 1.29 is 19.5 Å². The van der Waals surface area contributed by atoms with Gasteiger partial charge in [-0.25, -0.2) is 0 Å². The molecule has 2 aromatic carbocycles. The predicted molar refractivity (Wildman–Crippen MR) is 94.6 cm³/mol. The second kappa shape index (κ2) is 6.84. The third-order valence-electron chi connectivity index (χ3n) is 4.49. The molecule has 1 heterocycles. The summed E-state index contributed by atoms with van der Waals surface area (Å²) in [6, 6.07) is 11.2. The first kappa shape index (κ1) is 16.8. The Morgan fingerprint density at radius 1 is 1.28 bits per heavy atom. The van der Waals surface area contributed by atoms with Crippen molar-refractivity contribution in [2.45, 2.75) is 20.3 Å². The van der Waals surface area contributed by atoms with Crippen molar-refractivity contribution in [1.29, 1.82) is 0 Å². The van der Waals surface area contributed by atoms with Crippen LogP contribution in [0.2, 0.25) is 0 Å². The number of carbonyl (C=O) groups is 1. The number of carbonyl (C=O) groups excluding carboxylic acids is 1. The summed E-state index contributed by atoms with van der Waals surface area (Å²) in [6.07, 6.45) is 0.364. The molecule has 1 aliphatic rings. The van der Waals surface area contributed by atoms with Gasteiger partial charge < -0.3 is 20.0 Å². The van der Waals surface area contributed by atoms with Crippen molar-refractivity contribution in [3.63, 3.8) is 0 Å². The molecule has 0 aliphatic carbocycles. The molecular formula is C19H20N2O4. The zero-order valence-corrected chi connectivity index (χ0v) is 14.4. The fourth-order valence-electron chi connectivity index (χ4n) is 2.88. The van der Waals surface area contributed by atoms with Gasteiger partial charge in [-0.2, -0.15) is 0 Å². The highest BCUT2D eigenvalue weighted by molar-refractivity contribution is 6.08. The summed E-state index contributed by atoms with van der Waals surface area (Å²) in [5, 5.41) is 15.4. The lowest BCUT2D eigenvalue weighted by Gasteiger charge is -2.26. The zero-order chi connectivity index (χ0) is 18.0. The van der Waals surface area contributed by atoms with Crippen molar-refractivity contribution >= 4 is 17.5 Å². The first-order valence-electron chi connectivity index (χ1n) is 7.98. The number of nitrogens with zero attached hydrogens (tertiary/aromatic N) is 1. The van der Waals surface area contributed by atoms with Crippen LogP contribution in [0.25, 0.3) is 0 Å². The summed E-state index contributed by atoms with van der Waals surface area (Å²) < 4.78 is 10.9. The van der Waals surface area contributed by atoms with E-state index in [1.807, 2.05) is 44.2 Å². The van der Waals surface area contributed by atoms with E-state index in [1.54, 1.807) is 6.07 Å². The summed E-state index contributed by atoms with van der Waals surface area (Å²) in [7, 11) is 1.54. The van der Waals surface area contributed by atoms with Crippen LogP contribution in [0.3, 0.4) is 0 Å². The minimum Gasteiger partial charge on any atom is -0.493 e. The Balaban J connectivity index is 1.88. The highest BCUT2D eigenvalue weighted by Gasteiger charge is 2.34. The highest BCUT2D eigenvalue weighted by atomic mass is 16.5. The van der Waals surface area contributed by atoms with Crippen LogP contribution < -0.4 is 14.8 Å². The summed E-state index contributed by atoms with van der Waals surface area (Å²) in [5.74, 6) is -0.0279. The molecule has 1 amide bonds. The molecule has 25 heavy (non-hydrogen) atoms. The Kier molecular flexibility index (Phi) is 4.61. The molecule has 0 bridgehead atoms. The predicted octanol–water partition coefficient (Wildman–Crippen LogP) is 3.29. The summed E-state index contributed by atoms with van der Waals surface area (Å²) in [5.41, 5.74) is 3.65. The molecule has 0 spiro atoms. The SMILES string of the molecule is COc1cccc2c1O/C(=N/O)[C@@H](C(=O)Nc1cccc(C)c1C)C2. The largest absolute Gasteiger partial charge is 0.493 e. The van der Waals surface area contributed by atoms with E-state index in [4.69, 9.17) is 9.47 Å². The number of ether oxygens (including phenoxy) is 2. The lowest BCUT2D eigenvalue weighted by atomic mass is 9.94. The van der Waals surface area contributed by atoms with Crippen molar-refractivity contribution in [3.8, 4) is 11.5 Å². The maximum atomic E-state index is 12.8. The molecule has 0 fully saturated rings. The van der Waals surface area contributed by atoms with Gasteiger partial charge in [0.05, 0.1) is 7.11 Å². The Labute approximate surface area is 146 Å². The Morgan fingerprint density at radius 3 is 2.76 bits per heavy atom. The van der Waals surface area contributed by atoms with Gasteiger partial charge in [-0.1, -0.05) is 29.4 Å². The first-order valence-corrected chi connectivity index (χ1v) is 7.98. The number of fused-ring (bicyclic) bond motifs is 1. The number of nitrogens with one attached hydrogen (secondary N) is 1. The van der Waals surface area contributed by atoms with E-state index >= 15 is 0 Å². The summed E-state index contributed by atoms with van der Waals surface area (Å²) in [6.45, 7) is 3.93. The van der Waals surface area contributed by atoms with Crippen molar-refractivity contribution in [3.05, 3.63) is 53.1 Å². The second-order valence-corrected chi connectivity index (χ2v) is 5.98. The van der Waals surface area contributed by atoms with Crippen LogP contribution in [0.1, 0.15) is 16.7 Å². The number of aryl methyl sites for hydroxylation is 1. The maximum Gasteiger partial charge on any atom is 0.244 e. The number of anilines is 1. The van der Waals surface area contributed by atoms with Crippen LogP contribution in [0.5, 0.6) is 11.5 Å². The number of rotatable bonds is 3. The smallest absolute Gasteiger partial charge is 0.244 e. The molecule has 6 heteroatoms. The number of amides is 1. The van der Waals surface area contributed by atoms with Crippen molar-refractivity contribution in [2.24, 2.45) is 11.1 Å². The van der Waals surface area contributed by atoms with Crippen LogP contribution >= 0.6 is 0 Å². The van der Waals surface area contributed by atoms with Gasteiger partial charge in [0.1, 0.15) is 5.92 Å². The quantitative estimate of drug-likeness (QED) is 0.664. The molecule has 0 radical (unpaired) electrons. The minimum absolute atomic E-state index is 0.0418. The van der Waals surface area contributed by atoms with Gasteiger partial charge in [-0.05, 0) is 43.5 Å². The van der Waals surface area contributed by atoms with E-state index in [2.05, 4.69) is 10.5 Å². The molecule has 0 unspecified atom stereocenters. The molecule has 130 valence electrons. The third kappa shape index (κ3) is 3.15. The second-order valence-electron chi connectivity index (χ2n) is 5.98. The fraction of sp³-hybridized carbons (Fsp3) is 0.263. The van der Waals surface area contributed by atoms with Crippen LogP contribution in [-0.2, 0) is 11.2 Å². The number of benzene rings is 2. The topological polar surface area (TPSA) is 80.2 Å². The number of oxime groups is 1. The average molecular weight is 340 g/mol. The molecule has 2 N–H and O–H groups in total. The Hall–Kier alpha value is -3.02. The molecule has 6 nitrogen and oxygen atoms in total. The minimum atomic E-state index is -0.718. The van der Waals surface area contributed by atoms with Gasteiger partial charge >= 0.3 is 0 Å². The molecule has 3 rings (SSSR count). The normalized spacial score (nSPS) is 17.6. The van der Waals surface area contributed by atoms with E-state index in [1.165, 1.54) is 7.11 Å².